The van der Waals surface area contributed by atoms with Crippen LogP contribution in [0.3, 0.4) is 0 Å². The van der Waals surface area contributed by atoms with Crippen molar-refractivity contribution in [3.8, 4) is 0 Å². The highest BCUT2D eigenvalue weighted by atomic mass is 32.1. The molecule has 1 rings (SSSR count). The maximum atomic E-state index is 5.61. The van der Waals surface area contributed by atoms with E-state index in [4.69, 9.17) is 22.7 Å². The van der Waals surface area contributed by atoms with E-state index in [2.05, 4.69) is 10.3 Å². The molecule has 0 spiro atoms. The Hall–Kier alpha value is -1.20. The van der Waals surface area contributed by atoms with Gasteiger partial charge in [0.1, 0.15) is 10.7 Å². The van der Waals surface area contributed by atoms with Crippen LogP contribution in [0.2, 0.25) is 0 Å². The molecule has 0 aromatic carbocycles. The molecule has 0 radical (unpaired) electrons. The fraction of sp³-hybridized carbons (Fsp3) is 0.538. The summed E-state index contributed by atoms with van der Waals surface area (Å²) >= 11 is 4.95. The van der Waals surface area contributed by atoms with E-state index in [1.807, 2.05) is 26.0 Å². The smallest absolute Gasteiger partial charge is 0.124 e. The summed E-state index contributed by atoms with van der Waals surface area (Å²) in [4.78, 5) is 4.48. The van der Waals surface area contributed by atoms with Gasteiger partial charge in [0, 0.05) is 19.3 Å². The largest absolute Gasteiger partial charge is 0.388 e. The van der Waals surface area contributed by atoms with Gasteiger partial charge in [-0.25, -0.2) is 0 Å². The van der Waals surface area contributed by atoms with Crippen molar-refractivity contribution in [1.29, 1.82) is 0 Å². The monoisotopic (exact) mass is 267 g/mol. The SMILES string of the molecule is CC(C)OCCCCNc1cccnc1C(N)=S. The number of hydrogen-bond donors (Lipinski definition) is 2. The molecule has 1 heterocycles. The molecule has 0 fully saturated rings. The molecule has 5 heteroatoms. The fourth-order valence-electron chi connectivity index (χ4n) is 1.51. The van der Waals surface area contributed by atoms with E-state index in [0.29, 0.717) is 16.8 Å². The molecule has 0 bridgehead atoms. The Morgan fingerprint density at radius 3 is 2.94 bits per heavy atom. The molecule has 1 aromatic rings. The molecule has 4 nitrogen and oxygen atoms in total. The van der Waals surface area contributed by atoms with Gasteiger partial charge >= 0.3 is 0 Å². The van der Waals surface area contributed by atoms with Crippen LogP contribution in [0.25, 0.3) is 0 Å². The van der Waals surface area contributed by atoms with Crippen LogP contribution in [0.4, 0.5) is 5.69 Å². The third-order valence-corrected chi connectivity index (χ3v) is 2.57. The second-order valence-corrected chi connectivity index (χ2v) is 4.76. The summed E-state index contributed by atoms with van der Waals surface area (Å²) in [5, 5.41) is 3.30. The van der Waals surface area contributed by atoms with E-state index >= 15 is 0 Å². The Labute approximate surface area is 114 Å². The molecule has 0 aliphatic carbocycles. The lowest BCUT2D eigenvalue weighted by Gasteiger charge is -2.10. The van der Waals surface area contributed by atoms with Crippen LogP contribution in [-0.4, -0.2) is 29.2 Å². The molecule has 18 heavy (non-hydrogen) atoms. The first kappa shape index (κ1) is 14.9. The number of nitrogens with one attached hydrogen (secondary N) is 1. The zero-order chi connectivity index (χ0) is 13.4. The predicted molar refractivity (Wildman–Crippen MR) is 78.9 cm³/mol. The third kappa shape index (κ3) is 5.42. The Morgan fingerprint density at radius 2 is 2.28 bits per heavy atom. The van der Waals surface area contributed by atoms with Gasteiger partial charge in [-0.1, -0.05) is 12.2 Å². The molecular formula is C13H21N3OS. The van der Waals surface area contributed by atoms with Gasteiger partial charge in [0.05, 0.1) is 11.8 Å². The standard InChI is InChI=1S/C13H21N3OS/c1-10(2)17-9-4-3-7-15-11-6-5-8-16-12(11)13(14)18/h5-6,8,10,15H,3-4,7,9H2,1-2H3,(H2,14,18). The number of nitrogens with two attached hydrogens (primary N) is 1. The summed E-state index contributed by atoms with van der Waals surface area (Å²) < 4.78 is 5.48. The van der Waals surface area contributed by atoms with Crippen molar-refractivity contribution in [2.45, 2.75) is 32.8 Å². The van der Waals surface area contributed by atoms with Crippen molar-refractivity contribution >= 4 is 22.9 Å². The van der Waals surface area contributed by atoms with Crippen LogP contribution in [-0.2, 0) is 4.74 Å². The molecule has 0 aliphatic rings. The topological polar surface area (TPSA) is 60.2 Å². The van der Waals surface area contributed by atoms with Gasteiger partial charge in [-0.15, -0.1) is 0 Å². The summed E-state index contributed by atoms with van der Waals surface area (Å²) in [6, 6.07) is 3.80. The van der Waals surface area contributed by atoms with Crippen molar-refractivity contribution in [3.63, 3.8) is 0 Å². The average molecular weight is 267 g/mol. The zero-order valence-corrected chi connectivity index (χ0v) is 11.8. The molecule has 100 valence electrons. The van der Waals surface area contributed by atoms with Gasteiger partial charge in [0.15, 0.2) is 0 Å². The minimum absolute atomic E-state index is 0.303. The second-order valence-electron chi connectivity index (χ2n) is 4.32. The minimum atomic E-state index is 0.303. The molecule has 0 saturated heterocycles. The highest BCUT2D eigenvalue weighted by molar-refractivity contribution is 7.80. The lowest BCUT2D eigenvalue weighted by molar-refractivity contribution is 0.0765. The molecule has 0 unspecified atom stereocenters. The van der Waals surface area contributed by atoms with Crippen LogP contribution in [0.15, 0.2) is 18.3 Å². The van der Waals surface area contributed by atoms with Crippen molar-refractivity contribution in [2.75, 3.05) is 18.5 Å². The van der Waals surface area contributed by atoms with Gasteiger partial charge in [-0.2, -0.15) is 0 Å². The highest BCUT2D eigenvalue weighted by Gasteiger charge is 2.04. The highest BCUT2D eigenvalue weighted by Crippen LogP contribution is 2.11. The number of rotatable bonds is 8. The number of aromatic nitrogens is 1. The van der Waals surface area contributed by atoms with Gasteiger partial charge in [0.2, 0.25) is 0 Å². The van der Waals surface area contributed by atoms with E-state index in [-0.39, 0.29) is 0 Å². The van der Waals surface area contributed by atoms with Gasteiger partial charge in [-0.3, -0.25) is 4.98 Å². The van der Waals surface area contributed by atoms with Crippen molar-refractivity contribution in [3.05, 3.63) is 24.0 Å². The Bertz CT molecular complexity index is 382. The maximum Gasteiger partial charge on any atom is 0.124 e. The number of hydrogen-bond acceptors (Lipinski definition) is 4. The third-order valence-electron chi connectivity index (χ3n) is 2.38. The van der Waals surface area contributed by atoms with E-state index in [9.17, 15) is 0 Å². The van der Waals surface area contributed by atoms with Gasteiger partial charge in [0.25, 0.3) is 0 Å². The van der Waals surface area contributed by atoms with Crippen molar-refractivity contribution in [2.24, 2.45) is 5.73 Å². The van der Waals surface area contributed by atoms with Crippen LogP contribution < -0.4 is 11.1 Å². The quantitative estimate of drug-likeness (QED) is 0.559. The Balaban J connectivity index is 2.29. The molecule has 0 aliphatic heterocycles. The predicted octanol–water partition coefficient (Wildman–Crippen LogP) is 2.33. The molecule has 0 saturated carbocycles. The van der Waals surface area contributed by atoms with E-state index < -0.39 is 0 Å². The summed E-state index contributed by atoms with van der Waals surface area (Å²) in [5.74, 6) is 0. The molecule has 1 aromatic heterocycles. The van der Waals surface area contributed by atoms with Crippen LogP contribution >= 0.6 is 12.2 Å². The van der Waals surface area contributed by atoms with Crippen LogP contribution in [0.5, 0.6) is 0 Å². The second kappa shape index (κ2) is 8.00. The number of ether oxygens (including phenoxy) is 1. The van der Waals surface area contributed by atoms with Gasteiger partial charge < -0.3 is 15.8 Å². The number of unbranched alkanes of at least 4 members (excludes halogenated alkanes) is 1. The van der Waals surface area contributed by atoms with E-state index in [1.54, 1.807) is 6.20 Å². The molecular weight excluding hydrogens is 246 g/mol. The Morgan fingerprint density at radius 1 is 1.50 bits per heavy atom. The summed E-state index contributed by atoms with van der Waals surface area (Å²) in [6.45, 7) is 5.75. The van der Waals surface area contributed by atoms with Crippen LogP contribution in [0.1, 0.15) is 32.4 Å². The first-order valence-electron chi connectivity index (χ1n) is 6.21. The number of pyridine rings is 1. The van der Waals surface area contributed by atoms with E-state index in [1.165, 1.54) is 0 Å². The first-order valence-corrected chi connectivity index (χ1v) is 6.62. The lowest BCUT2D eigenvalue weighted by atomic mass is 10.2. The molecule has 0 atom stereocenters. The van der Waals surface area contributed by atoms with E-state index in [0.717, 1.165) is 31.7 Å². The summed E-state index contributed by atoms with van der Waals surface area (Å²) in [6.07, 6.45) is 4.07. The maximum absolute atomic E-state index is 5.61. The number of thiocarbonyl (C=S) groups is 1. The number of anilines is 1. The average Bonchev–Trinajstić information content (AvgIpc) is 2.33. The number of nitrogens with zero attached hydrogens (tertiary/aromatic N) is 1. The summed E-state index contributed by atoms with van der Waals surface area (Å²) in [5.41, 5.74) is 7.16. The molecule has 3 N–H and O–H groups in total. The lowest BCUT2D eigenvalue weighted by Crippen LogP contribution is -2.15. The Kier molecular flexibility index (Phi) is 6.60. The minimum Gasteiger partial charge on any atom is -0.388 e. The fourth-order valence-corrected chi connectivity index (χ4v) is 1.68. The van der Waals surface area contributed by atoms with Crippen molar-refractivity contribution in [1.82, 2.24) is 4.98 Å². The van der Waals surface area contributed by atoms with Crippen molar-refractivity contribution < 1.29 is 4.74 Å². The van der Waals surface area contributed by atoms with Gasteiger partial charge in [-0.05, 0) is 38.8 Å². The summed E-state index contributed by atoms with van der Waals surface area (Å²) in [7, 11) is 0. The first-order chi connectivity index (χ1) is 8.61. The molecule has 0 amide bonds. The van der Waals surface area contributed by atoms with Crippen LogP contribution in [0, 0.1) is 0 Å². The normalized spacial score (nSPS) is 10.6. The zero-order valence-electron chi connectivity index (χ0n) is 11.0.